The highest BCUT2D eigenvalue weighted by Gasteiger charge is 2.25. The van der Waals surface area contributed by atoms with Crippen molar-refractivity contribution in [1.29, 1.82) is 0 Å². The quantitative estimate of drug-likeness (QED) is 0.490. The number of rotatable bonds is 3. The number of hydrogen-bond acceptors (Lipinski definition) is 4. The van der Waals surface area contributed by atoms with Gasteiger partial charge < -0.3 is 4.90 Å². The van der Waals surface area contributed by atoms with E-state index >= 15 is 0 Å². The number of anilines is 2. The van der Waals surface area contributed by atoms with E-state index in [1.807, 2.05) is 23.1 Å². The first-order valence-corrected chi connectivity index (χ1v) is 7.23. The highest BCUT2D eigenvalue weighted by atomic mass is 16.6. The summed E-state index contributed by atoms with van der Waals surface area (Å²) in [6.07, 6.45) is 1.93. The first-order chi connectivity index (χ1) is 10.6. The van der Waals surface area contributed by atoms with Gasteiger partial charge in [-0.25, -0.2) is 0 Å². The zero-order valence-corrected chi connectivity index (χ0v) is 12.3. The van der Waals surface area contributed by atoms with E-state index in [9.17, 15) is 14.9 Å². The number of nitro groups is 1. The van der Waals surface area contributed by atoms with Crippen LogP contribution in [0.25, 0.3) is 0 Å². The number of carbonyl (C=O) groups is 1. The van der Waals surface area contributed by atoms with Gasteiger partial charge in [0.25, 0.3) is 5.69 Å². The molecule has 2 aromatic carbocycles. The topological polar surface area (TPSA) is 63.5 Å². The highest BCUT2D eigenvalue weighted by molar-refractivity contribution is 5.96. The minimum atomic E-state index is -0.418. The lowest BCUT2D eigenvalue weighted by Crippen LogP contribution is -2.25. The van der Waals surface area contributed by atoms with Gasteiger partial charge in [-0.1, -0.05) is 18.2 Å². The van der Waals surface area contributed by atoms with Gasteiger partial charge in [0, 0.05) is 23.9 Å². The largest absolute Gasteiger partial charge is 0.336 e. The first kappa shape index (κ1) is 14.3. The number of hydrogen-bond donors (Lipinski definition) is 0. The Morgan fingerprint density at radius 1 is 1.18 bits per heavy atom. The molecule has 0 N–H and O–H groups in total. The molecule has 0 bridgehead atoms. The Morgan fingerprint density at radius 2 is 1.95 bits per heavy atom. The number of para-hydroxylation sites is 1. The third-order valence-corrected chi connectivity index (χ3v) is 3.98. The summed E-state index contributed by atoms with van der Waals surface area (Å²) in [5.41, 5.74) is 3.08. The summed E-state index contributed by atoms with van der Waals surface area (Å²) in [5.74, 6) is -0.173. The van der Waals surface area contributed by atoms with Crippen molar-refractivity contribution in [2.75, 3.05) is 11.4 Å². The fourth-order valence-electron chi connectivity index (χ4n) is 2.90. The molecule has 22 heavy (non-hydrogen) atoms. The number of nitrogens with zero attached hydrogens (tertiary/aromatic N) is 2. The van der Waals surface area contributed by atoms with Gasteiger partial charge in [0.15, 0.2) is 5.78 Å². The zero-order valence-electron chi connectivity index (χ0n) is 12.3. The van der Waals surface area contributed by atoms with E-state index in [1.165, 1.54) is 18.6 Å². The van der Waals surface area contributed by atoms with Gasteiger partial charge in [-0.3, -0.25) is 14.9 Å². The maximum Gasteiger partial charge on any atom is 0.293 e. The molecule has 1 aliphatic heterocycles. The molecule has 0 saturated carbocycles. The van der Waals surface area contributed by atoms with Crippen LogP contribution in [0.1, 0.15) is 29.3 Å². The Kier molecular flexibility index (Phi) is 3.63. The van der Waals surface area contributed by atoms with Crippen LogP contribution in [-0.4, -0.2) is 17.3 Å². The SMILES string of the molecule is CC(=O)c1ccc(N2CCCc3ccccc32)c([N+](=O)[O-])c1. The fraction of sp³-hybridized carbons (Fsp3) is 0.235. The second kappa shape index (κ2) is 5.60. The number of ketones is 1. The van der Waals surface area contributed by atoms with Gasteiger partial charge in [-0.05, 0) is 43.5 Å². The molecule has 0 atom stereocenters. The molecule has 3 rings (SSSR count). The van der Waals surface area contributed by atoms with Crippen LogP contribution in [0.3, 0.4) is 0 Å². The van der Waals surface area contributed by atoms with Crippen molar-refractivity contribution in [3.05, 3.63) is 63.7 Å². The van der Waals surface area contributed by atoms with Crippen molar-refractivity contribution >= 4 is 22.8 Å². The Bertz CT molecular complexity index is 755. The van der Waals surface area contributed by atoms with Crippen molar-refractivity contribution in [1.82, 2.24) is 0 Å². The van der Waals surface area contributed by atoms with E-state index in [2.05, 4.69) is 6.07 Å². The number of carbonyl (C=O) groups excluding carboxylic acids is 1. The molecule has 0 radical (unpaired) electrons. The normalized spacial score (nSPS) is 13.6. The van der Waals surface area contributed by atoms with E-state index in [4.69, 9.17) is 0 Å². The van der Waals surface area contributed by atoms with Gasteiger partial charge in [-0.15, -0.1) is 0 Å². The third kappa shape index (κ3) is 2.45. The predicted molar refractivity (Wildman–Crippen MR) is 84.9 cm³/mol. The average molecular weight is 296 g/mol. The zero-order chi connectivity index (χ0) is 15.7. The maximum absolute atomic E-state index is 11.5. The van der Waals surface area contributed by atoms with Crippen LogP contribution in [0.4, 0.5) is 17.1 Å². The van der Waals surface area contributed by atoms with Crippen LogP contribution >= 0.6 is 0 Å². The summed E-state index contributed by atoms with van der Waals surface area (Å²) in [4.78, 5) is 24.4. The lowest BCUT2D eigenvalue weighted by molar-refractivity contribution is -0.384. The number of benzene rings is 2. The smallest absolute Gasteiger partial charge is 0.293 e. The minimum absolute atomic E-state index is 0.0237. The van der Waals surface area contributed by atoms with Crippen molar-refractivity contribution in [2.24, 2.45) is 0 Å². The van der Waals surface area contributed by atoms with Crippen LogP contribution in [-0.2, 0) is 6.42 Å². The molecule has 112 valence electrons. The van der Waals surface area contributed by atoms with Crippen LogP contribution in [0.15, 0.2) is 42.5 Å². The van der Waals surface area contributed by atoms with Gasteiger partial charge in [0.05, 0.1) is 4.92 Å². The Labute approximate surface area is 128 Å². The van der Waals surface area contributed by atoms with Gasteiger partial charge >= 0.3 is 0 Å². The number of aryl methyl sites for hydroxylation is 1. The minimum Gasteiger partial charge on any atom is -0.336 e. The molecule has 0 fully saturated rings. The van der Waals surface area contributed by atoms with Gasteiger partial charge in [0.1, 0.15) is 5.69 Å². The van der Waals surface area contributed by atoms with Crippen molar-refractivity contribution in [2.45, 2.75) is 19.8 Å². The molecule has 0 aromatic heterocycles. The van der Waals surface area contributed by atoms with Crippen LogP contribution in [0.2, 0.25) is 0 Å². The molecule has 1 aliphatic rings. The summed E-state index contributed by atoms with van der Waals surface area (Å²) >= 11 is 0. The predicted octanol–water partition coefficient (Wildman–Crippen LogP) is 3.88. The van der Waals surface area contributed by atoms with Crippen molar-refractivity contribution in [3.8, 4) is 0 Å². The summed E-state index contributed by atoms with van der Waals surface area (Å²) < 4.78 is 0. The fourth-order valence-corrected chi connectivity index (χ4v) is 2.90. The van der Waals surface area contributed by atoms with Crippen LogP contribution < -0.4 is 4.90 Å². The monoisotopic (exact) mass is 296 g/mol. The lowest BCUT2D eigenvalue weighted by Gasteiger charge is -2.31. The molecule has 0 aliphatic carbocycles. The first-order valence-electron chi connectivity index (χ1n) is 7.23. The van der Waals surface area contributed by atoms with Crippen molar-refractivity contribution < 1.29 is 9.72 Å². The van der Waals surface area contributed by atoms with E-state index in [-0.39, 0.29) is 11.5 Å². The van der Waals surface area contributed by atoms with Gasteiger partial charge in [-0.2, -0.15) is 0 Å². The number of fused-ring (bicyclic) bond motifs is 1. The van der Waals surface area contributed by atoms with E-state index in [0.29, 0.717) is 11.3 Å². The molecule has 0 saturated heterocycles. The van der Waals surface area contributed by atoms with Gasteiger partial charge in [0.2, 0.25) is 0 Å². The third-order valence-electron chi connectivity index (χ3n) is 3.98. The summed E-state index contributed by atoms with van der Waals surface area (Å²) in [6, 6.07) is 12.7. The lowest BCUT2D eigenvalue weighted by atomic mass is 10.00. The molecular weight excluding hydrogens is 280 g/mol. The Balaban J connectivity index is 2.13. The van der Waals surface area contributed by atoms with Crippen molar-refractivity contribution in [3.63, 3.8) is 0 Å². The Hall–Kier alpha value is -2.69. The highest BCUT2D eigenvalue weighted by Crippen LogP contribution is 2.38. The van der Waals surface area contributed by atoms with Crippen LogP contribution in [0.5, 0.6) is 0 Å². The molecule has 5 heteroatoms. The molecule has 5 nitrogen and oxygen atoms in total. The van der Waals surface area contributed by atoms with E-state index < -0.39 is 4.92 Å². The second-order valence-corrected chi connectivity index (χ2v) is 5.40. The molecular formula is C17H16N2O3. The molecule has 0 unspecified atom stereocenters. The number of Topliss-reactive ketones (excluding diaryl/α,β-unsaturated/α-hetero) is 1. The molecule has 0 amide bonds. The summed E-state index contributed by atoms with van der Waals surface area (Å²) in [5, 5.41) is 11.4. The second-order valence-electron chi connectivity index (χ2n) is 5.40. The Morgan fingerprint density at radius 3 is 2.68 bits per heavy atom. The molecule has 0 spiro atoms. The average Bonchev–Trinajstić information content (AvgIpc) is 2.53. The maximum atomic E-state index is 11.5. The molecule has 1 heterocycles. The summed E-state index contributed by atoms with van der Waals surface area (Å²) in [6.45, 7) is 2.15. The van der Waals surface area contributed by atoms with Crippen LogP contribution in [0, 0.1) is 10.1 Å². The summed E-state index contributed by atoms with van der Waals surface area (Å²) in [7, 11) is 0. The van der Waals surface area contributed by atoms with E-state index in [1.54, 1.807) is 12.1 Å². The van der Waals surface area contributed by atoms with E-state index in [0.717, 1.165) is 25.1 Å². The molecule has 2 aromatic rings. The standard InChI is InChI=1S/C17H16N2O3/c1-12(20)14-8-9-16(17(11-14)19(21)22)18-10-4-6-13-5-2-3-7-15(13)18/h2-3,5,7-9,11H,4,6,10H2,1H3. The number of nitro benzene ring substituents is 1.